The van der Waals surface area contributed by atoms with E-state index in [0.29, 0.717) is 5.75 Å². The Labute approximate surface area is 96.4 Å². The van der Waals surface area contributed by atoms with E-state index < -0.39 is 0 Å². The van der Waals surface area contributed by atoms with Crippen molar-refractivity contribution < 1.29 is 5.11 Å². The third-order valence-electron chi connectivity index (χ3n) is 2.63. The van der Waals surface area contributed by atoms with Gasteiger partial charge in [0.15, 0.2) is 0 Å². The van der Waals surface area contributed by atoms with E-state index in [0.717, 1.165) is 6.42 Å². The zero-order chi connectivity index (χ0) is 11.5. The molecule has 0 unspecified atom stereocenters. The van der Waals surface area contributed by atoms with Crippen molar-refractivity contribution in [1.29, 1.82) is 0 Å². The van der Waals surface area contributed by atoms with Crippen LogP contribution in [-0.4, -0.2) is 5.11 Å². The Kier molecular flexibility index (Phi) is 2.95. The van der Waals surface area contributed by atoms with Gasteiger partial charge in [-0.05, 0) is 43.5 Å². The van der Waals surface area contributed by atoms with Crippen molar-refractivity contribution in [3.05, 3.63) is 64.7 Å². The summed E-state index contributed by atoms with van der Waals surface area (Å²) >= 11 is 0. The maximum Gasteiger partial charge on any atom is 0.115 e. The summed E-state index contributed by atoms with van der Waals surface area (Å²) in [5.74, 6) is 0.323. The molecule has 1 N–H and O–H groups in total. The molecule has 0 heterocycles. The maximum atomic E-state index is 9.21. The van der Waals surface area contributed by atoms with Crippen LogP contribution >= 0.6 is 0 Å². The first-order valence-corrected chi connectivity index (χ1v) is 5.48. The van der Waals surface area contributed by atoms with Crippen LogP contribution in [0.15, 0.2) is 42.5 Å². The average molecular weight is 212 g/mol. The van der Waals surface area contributed by atoms with Gasteiger partial charge in [-0.1, -0.05) is 41.5 Å². The second-order valence-electron chi connectivity index (χ2n) is 4.34. The van der Waals surface area contributed by atoms with Gasteiger partial charge in [0.05, 0.1) is 0 Å². The third kappa shape index (κ3) is 2.63. The molecule has 0 spiro atoms. The summed E-state index contributed by atoms with van der Waals surface area (Å²) in [6.07, 6.45) is 0.919. The van der Waals surface area contributed by atoms with Crippen LogP contribution in [0.1, 0.15) is 22.3 Å². The predicted molar refractivity (Wildman–Crippen MR) is 66.8 cm³/mol. The van der Waals surface area contributed by atoms with Crippen LogP contribution in [0.25, 0.3) is 0 Å². The summed E-state index contributed by atoms with van der Waals surface area (Å²) in [6, 6.07) is 14.0. The van der Waals surface area contributed by atoms with Gasteiger partial charge in [-0.25, -0.2) is 0 Å². The number of benzene rings is 2. The van der Waals surface area contributed by atoms with Gasteiger partial charge in [-0.15, -0.1) is 0 Å². The molecule has 2 aromatic rings. The van der Waals surface area contributed by atoms with Gasteiger partial charge < -0.3 is 5.11 Å². The first kappa shape index (κ1) is 10.7. The van der Waals surface area contributed by atoms with Crippen molar-refractivity contribution in [3.8, 4) is 5.75 Å². The van der Waals surface area contributed by atoms with E-state index in [1.807, 2.05) is 12.1 Å². The van der Waals surface area contributed by atoms with Gasteiger partial charge >= 0.3 is 0 Å². The summed E-state index contributed by atoms with van der Waals surface area (Å²) < 4.78 is 0. The lowest BCUT2D eigenvalue weighted by molar-refractivity contribution is 0.475. The van der Waals surface area contributed by atoms with Crippen molar-refractivity contribution in [2.24, 2.45) is 0 Å². The quantitative estimate of drug-likeness (QED) is 0.806. The second kappa shape index (κ2) is 4.40. The van der Waals surface area contributed by atoms with E-state index in [9.17, 15) is 5.11 Å². The van der Waals surface area contributed by atoms with Crippen molar-refractivity contribution in [2.45, 2.75) is 20.3 Å². The Bertz CT molecular complexity index is 463. The van der Waals surface area contributed by atoms with Gasteiger partial charge in [0.1, 0.15) is 5.75 Å². The van der Waals surface area contributed by atoms with Crippen LogP contribution < -0.4 is 0 Å². The standard InChI is InChI=1S/C15H16O/c1-11-7-12(2)9-14(8-11)10-13-3-5-15(16)6-4-13/h3-9,16H,10H2,1-2H3. The summed E-state index contributed by atoms with van der Waals surface area (Å²) in [6.45, 7) is 4.24. The Morgan fingerprint density at radius 2 is 1.38 bits per heavy atom. The Hall–Kier alpha value is -1.76. The van der Waals surface area contributed by atoms with E-state index in [2.05, 4.69) is 32.0 Å². The van der Waals surface area contributed by atoms with Gasteiger partial charge in [-0.3, -0.25) is 0 Å². The molecule has 0 saturated carbocycles. The molecule has 0 radical (unpaired) electrons. The number of hydrogen-bond donors (Lipinski definition) is 1. The lowest BCUT2D eigenvalue weighted by atomic mass is 10.0. The van der Waals surface area contributed by atoms with E-state index >= 15 is 0 Å². The molecule has 16 heavy (non-hydrogen) atoms. The Morgan fingerprint density at radius 3 is 1.94 bits per heavy atom. The number of phenols is 1. The monoisotopic (exact) mass is 212 g/mol. The van der Waals surface area contributed by atoms with Crippen molar-refractivity contribution in [1.82, 2.24) is 0 Å². The SMILES string of the molecule is Cc1cc(C)cc(Cc2ccc(O)cc2)c1. The highest BCUT2D eigenvalue weighted by Crippen LogP contribution is 2.16. The molecule has 1 heteroatoms. The molecule has 0 amide bonds. The second-order valence-corrected chi connectivity index (χ2v) is 4.34. The first-order chi connectivity index (χ1) is 7.63. The Morgan fingerprint density at radius 1 is 0.812 bits per heavy atom. The smallest absolute Gasteiger partial charge is 0.115 e. The minimum atomic E-state index is 0.323. The lowest BCUT2D eigenvalue weighted by Crippen LogP contribution is -1.90. The maximum absolute atomic E-state index is 9.21. The van der Waals surface area contributed by atoms with E-state index in [4.69, 9.17) is 0 Å². The minimum Gasteiger partial charge on any atom is -0.508 e. The molecule has 0 atom stereocenters. The van der Waals surface area contributed by atoms with Gasteiger partial charge in [-0.2, -0.15) is 0 Å². The highest BCUT2D eigenvalue weighted by Gasteiger charge is 1.98. The molecule has 0 aliphatic carbocycles. The van der Waals surface area contributed by atoms with Crippen LogP contribution in [0.4, 0.5) is 0 Å². The van der Waals surface area contributed by atoms with Crippen LogP contribution in [0, 0.1) is 13.8 Å². The summed E-state index contributed by atoms with van der Waals surface area (Å²) in [4.78, 5) is 0. The third-order valence-corrected chi connectivity index (χ3v) is 2.63. The Balaban J connectivity index is 2.23. The number of phenolic OH excluding ortho intramolecular Hbond substituents is 1. The zero-order valence-electron chi connectivity index (χ0n) is 9.70. The van der Waals surface area contributed by atoms with Gasteiger partial charge in [0, 0.05) is 0 Å². The number of rotatable bonds is 2. The molecule has 0 saturated heterocycles. The average Bonchev–Trinajstić information content (AvgIpc) is 2.20. The summed E-state index contributed by atoms with van der Waals surface area (Å²) in [5.41, 5.74) is 5.15. The zero-order valence-corrected chi connectivity index (χ0v) is 9.70. The van der Waals surface area contributed by atoms with Crippen LogP contribution in [0.3, 0.4) is 0 Å². The van der Waals surface area contributed by atoms with E-state index in [1.54, 1.807) is 12.1 Å². The molecule has 1 nitrogen and oxygen atoms in total. The molecule has 82 valence electrons. The molecule has 0 bridgehead atoms. The van der Waals surface area contributed by atoms with Gasteiger partial charge in [0.25, 0.3) is 0 Å². The van der Waals surface area contributed by atoms with Crippen molar-refractivity contribution >= 4 is 0 Å². The summed E-state index contributed by atoms with van der Waals surface area (Å²) in [5, 5.41) is 9.21. The molecular weight excluding hydrogens is 196 g/mol. The minimum absolute atomic E-state index is 0.323. The molecule has 0 aliphatic heterocycles. The fourth-order valence-electron chi connectivity index (χ4n) is 2.02. The van der Waals surface area contributed by atoms with Crippen LogP contribution in [0.2, 0.25) is 0 Å². The predicted octanol–water partition coefficient (Wildman–Crippen LogP) is 3.60. The van der Waals surface area contributed by atoms with E-state index in [1.165, 1.54) is 22.3 Å². The van der Waals surface area contributed by atoms with Crippen LogP contribution in [0.5, 0.6) is 5.75 Å². The van der Waals surface area contributed by atoms with Gasteiger partial charge in [0.2, 0.25) is 0 Å². The molecule has 0 aliphatic rings. The highest BCUT2D eigenvalue weighted by atomic mass is 16.3. The fraction of sp³-hybridized carbons (Fsp3) is 0.200. The van der Waals surface area contributed by atoms with Crippen molar-refractivity contribution in [2.75, 3.05) is 0 Å². The molecular formula is C15H16O. The topological polar surface area (TPSA) is 20.2 Å². The van der Waals surface area contributed by atoms with Crippen molar-refractivity contribution in [3.63, 3.8) is 0 Å². The number of aromatic hydroxyl groups is 1. The normalized spacial score (nSPS) is 10.4. The lowest BCUT2D eigenvalue weighted by Gasteiger charge is -2.05. The summed E-state index contributed by atoms with van der Waals surface area (Å²) in [7, 11) is 0. The number of aryl methyl sites for hydroxylation is 2. The van der Waals surface area contributed by atoms with E-state index in [-0.39, 0.29) is 0 Å². The molecule has 2 rings (SSSR count). The molecule has 0 aromatic heterocycles. The largest absolute Gasteiger partial charge is 0.508 e. The number of hydrogen-bond acceptors (Lipinski definition) is 1. The first-order valence-electron chi connectivity index (χ1n) is 5.48. The van der Waals surface area contributed by atoms with Crippen LogP contribution in [-0.2, 0) is 6.42 Å². The molecule has 0 fully saturated rings. The molecule has 2 aromatic carbocycles. The highest BCUT2D eigenvalue weighted by molar-refractivity contribution is 5.34. The fourth-order valence-corrected chi connectivity index (χ4v) is 2.02.